The van der Waals surface area contributed by atoms with Gasteiger partial charge in [0.1, 0.15) is 5.75 Å². The van der Waals surface area contributed by atoms with Gasteiger partial charge in [-0.1, -0.05) is 6.07 Å². The SMILES string of the molecule is Cc1cc(-c2ccc(C(=O)O)c(C)c2C(=O)O)cc(C)c1O. The highest BCUT2D eigenvalue weighted by molar-refractivity contribution is 6.02. The molecule has 0 unspecified atom stereocenters. The van der Waals surface area contributed by atoms with E-state index in [2.05, 4.69) is 0 Å². The van der Waals surface area contributed by atoms with Crippen molar-refractivity contribution < 1.29 is 24.9 Å². The van der Waals surface area contributed by atoms with Gasteiger partial charge >= 0.3 is 11.9 Å². The zero-order chi connectivity index (χ0) is 16.6. The Morgan fingerprint density at radius 1 is 0.909 bits per heavy atom. The van der Waals surface area contributed by atoms with Gasteiger partial charge in [0.15, 0.2) is 0 Å². The molecule has 0 aliphatic rings. The summed E-state index contributed by atoms with van der Waals surface area (Å²) in [7, 11) is 0. The molecule has 5 nitrogen and oxygen atoms in total. The molecule has 0 saturated carbocycles. The standard InChI is InChI=1S/C17H16O5/c1-8-6-11(7-9(2)15(8)18)13-5-4-12(16(19)20)10(3)14(13)17(21)22/h4-7,18H,1-3H3,(H,19,20)(H,21,22). The number of aromatic carboxylic acids is 2. The Morgan fingerprint density at radius 3 is 1.91 bits per heavy atom. The highest BCUT2D eigenvalue weighted by atomic mass is 16.4. The molecule has 3 N–H and O–H groups in total. The van der Waals surface area contributed by atoms with Crippen LogP contribution < -0.4 is 0 Å². The van der Waals surface area contributed by atoms with E-state index in [1.807, 2.05) is 0 Å². The van der Waals surface area contributed by atoms with Gasteiger partial charge in [0.2, 0.25) is 0 Å². The van der Waals surface area contributed by atoms with E-state index in [9.17, 15) is 19.8 Å². The molecule has 22 heavy (non-hydrogen) atoms. The van der Waals surface area contributed by atoms with E-state index in [1.165, 1.54) is 19.1 Å². The normalized spacial score (nSPS) is 10.5. The maximum absolute atomic E-state index is 11.6. The third-order valence-electron chi connectivity index (χ3n) is 3.71. The lowest BCUT2D eigenvalue weighted by atomic mass is 9.91. The van der Waals surface area contributed by atoms with Crippen LogP contribution in [0, 0.1) is 20.8 Å². The van der Waals surface area contributed by atoms with Crippen LogP contribution in [0.4, 0.5) is 0 Å². The zero-order valence-corrected chi connectivity index (χ0v) is 12.5. The molecule has 114 valence electrons. The van der Waals surface area contributed by atoms with Crippen LogP contribution in [-0.4, -0.2) is 27.3 Å². The second-order valence-corrected chi connectivity index (χ2v) is 5.23. The first kappa shape index (κ1) is 15.6. The number of aryl methyl sites for hydroxylation is 2. The van der Waals surface area contributed by atoms with E-state index < -0.39 is 11.9 Å². The molecular formula is C17H16O5. The van der Waals surface area contributed by atoms with E-state index in [1.54, 1.807) is 26.0 Å². The average Bonchev–Trinajstić information content (AvgIpc) is 2.42. The predicted octanol–water partition coefficient (Wildman–Crippen LogP) is 3.38. The minimum Gasteiger partial charge on any atom is -0.507 e. The van der Waals surface area contributed by atoms with Crippen molar-refractivity contribution in [2.24, 2.45) is 0 Å². The van der Waals surface area contributed by atoms with Crippen molar-refractivity contribution >= 4 is 11.9 Å². The predicted molar refractivity (Wildman–Crippen MR) is 81.7 cm³/mol. The van der Waals surface area contributed by atoms with Crippen LogP contribution in [0.25, 0.3) is 11.1 Å². The second-order valence-electron chi connectivity index (χ2n) is 5.23. The molecule has 0 heterocycles. The molecule has 0 amide bonds. The molecule has 2 aromatic rings. The minimum absolute atomic E-state index is 0.0339. The highest BCUT2D eigenvalue weighted by Crippen LogP contribution is 2.33. The number of aromatic hydroxyl groups is 1. The lowest BCUT2D eigenvalue weighted by molar-refractivity contribution is 0.0696. The summed E-state index contributed by atoms with van der Waals surface area (Å²) < 4.78 is 0. The maximum atomic E-state index is 11.6. The van der Waals surface area contributed by atoms with Crippen LogP contribution in [0.2, 0.25) is 0 Å². The molecule has 0 bridgehead atoms. The molecule has 0 radical (unpaired) electrons. The first-order valence-electron chi connectivity index (χ1n) is 6.64. The fourth-order valence-corrected chi connectivity index (χ4v) is 2.57. The van der Waals surface area contributed by atoms with Gasteiger partial charge in [-0.2, -0.15) is 0 Å². The van der Waals surface area contributed by atoms with Crippen LogP contribution in [0.15, 0.2) is 24.3 Å². The smallest absolute Gasteiger partial charge is 0.336 e. The monoisotopic (exact) mass is 300 g/mol. The molecular weight excluding hydrogens is 284 g/mol. The molecule has 0 saturated heterocycles. The van der Waals surface area contributed by atoms with Gasteiger partial charge in [0.05, 0.1) is 11.1 Å². The van der Waals surface area contributed by atoms with Crippen LogP contribution >= 0.6 is 0 Å². The van der Waals surface area contributed by atoms with Gasteiger partial charge in [0, 0.05) is 0 Å². The van der Waals surface area contributed by atoms with Gasteiger partial charge < -0.3 is 15.3 Å². The number of rotatable bonds is 3. The summed E-state index contributed by atoms with van der Waals surface area (Å²) in [5.41, 5.74) is 2.46. The van der Waals surface area contributed by atoms with Crippen LogP contribution in [0.5, 0.6) is 5.75 Å². The van der Waals surface area contributed by atoms with Gasteiger partial charge in [-0.05, 0) is 66.8 Å². The summed E-state index contributed by atoms with van der Waals surface area (Å²) in [6.07, 6.45) is 0. The van der Waals surface area contributed by atoms with Crippen molar-refractivity contribution in [2.45, 2.75) is 20.8 Å². The fraction of sp³-hybridized carbons (Fsp3) is 0.176. The number of hydrogen-bond donors (Lipinski definition) is 3. The Morgan fingerprint density at radius 2 is 1.45 bits per heavy atom. The first-order valence-corrected chi connectivity index (χ1v) is 6.64. The molecule has 0 aromatic heterocycles. The van der Waals surface area contributed by atoms with Crippen LogP contribution in [0.3, 0.4) is 0 Å². The molecule has 0 atom stereocenters. The van der Waals surface area contributed by atoms with Crippen molar-refractivity contribution in [3.63, 3.8) is 0 Å². The average molecular weight is 300 g/mol. The van der Waals surface area contributed by atoms with Crippen molar-refractivity contribution in [3.8, 4) is 16.9 Å². The summed E-state index contributed by atoms with van der Waals surface area (Å²) in [6.45, 7) is 4.94. The van der Waals surface area contributed by atoms with Gasteiger partial charge in [0.25, 0.3) is 0 Å². The Balaban J connectivity index is 2.79. The Hall–Kier alpha value is -2.82. The number of carboxylic acids is 2. The van der Waals surface area contributed by atoms with E-state index in [0.717, 1.165) is 0 Å². The van der Waals surface area contributed by atoms with Crippen molar-refractivity contribution in [2.75, 3.05) is 0 Å². The first-order chi connectivity index (χ1) is 10.2. The molecule has 2 rings (SSSR count). The molecule has 2 aromatic carbocycles. The number of phenols is 1. The van der Waals surface area contributed by atoms with Crippen molar-refractivity contribution in [1.29, 1.82) is 0 Å². The van der Waals surface area contributed by atoms with Gasteiger partial charge in [-0.15, -0.1) is 0 Å². The van der Waals surface area contributed by atoms with E-state index in [-0.39, 0.29) is 22.4 Å². The summed E-state index contributed by atoms with van der Waals surface area (Å²) in [6, 6.07) is 6.26. The Labute approximate surface area is 127 Å². The molecule has 0 fully saturated rings. The highest BCUT2D eigenvalue weighted by Gasteiger charge is 2.20. The summed E-state index contributed by atoms with van der Waals surface area (Å²) >= 11 is 0. The number of benzene rings is 2. The second kappa shape index (κ2) is 5.52. The molecule has 5 heteroatoms. The minimum atomic E-state index is -1.18. The number of carboxylic acid groups (broad SMARTS) is 2. The topological polar surface area (TPSA) is 94.8 Å². The maximum Gasteiger partial charge on any atom is 0.336 e. The molecule has 0 spiro atoms. The third kappa shape index (κ3) is 2.53. The number of phenolic OH excluding ortho intramolecular Hbond substituents is 1. The zero-order valence-electron chi connectivity index (χ0n) is 12.5. The van der Waals surface area contributed by atoms with Gasteiger partial charge in [-0.25, -0.2) is 9.59 Å². The lowest BCUT2D eigenvalue weighted by Crippen LogP contribution is -2.09. The van der Waals surface area contributed by atoms with Crippen molar-refractivity contribution in [1.82, 2.24) is 0 Å². The molecule has 0 aliphatic carbocycles. The quantitative estimate of drug-likeness (QED) is 0.807. The van der Waals surface area contributed by atoms with E-state index >= 15 is 0 Å². The molecule has 0 aliphatic heterocycles. The Kier molecular flexibility index (Phi) is 3.91. The fourth-order valence-electron chi connectivity index (χ4n) is 2.57. The Bertz CT molecular complexity index is 767. The number of carbonyl (C=O) groups is 2. The number of hydrogen-bond acceptors (Lipinski definition) is 3. The lowest BCUT2D eigenvalue weighted by Gasteiger charge is -2.14. The summed E-state index contributed by atoms with van der Waals surface area (Å²) in [5.74, 6) is -2.18. The van der Waals surface area contributed by atoms with Gasteiger partial charge in [-0.3, -0.25) is 0 Å². The largest absolute Gasteiger partial charge is 0.507 e. The van der Waals surface area contributed by atoms with Crippen molar-refractivity contribution in [3.05, 3.63) is 52.1 Å². The van der Waals surface area contributed by atoms with E-state index in [4.69, 9.17) is 5.11 Å². The van der Waals surface area contributed by atoms with E-state index in [0.29, 0.717) is 22.3 Å². The van der Waals surface area contributed by atoms with Crippen LogP contribution in [0.1, 0.15) is 37.4 Å². The summed E-state index contributed by atoms with van der Waals surface area (Å²) in [4.78, 5) is 22.8. The summed E-state index contributed by atoms with van der Waals surface area (Å²) in [5, 5.41) is 28.4. The third-order valence-corrected chi connectivity index (χ3v) is 3.71. The van der Waals surface area contributed by atoms with Crippen LogP contribution in [-0.2, 0) is 0 Å².